The number of sulfonamides is 1. The maximum Gasteiger partial charge on any atom is 0.352 e. The molecule has 8 rings (SSSR count). The van der Waals surface area contributed by atoms with E-state index in [1.807, 2.05) is 56.3 Å². The number of aromatic nitrogens is 2. The average molecular weight is 1100 g/mol. The number of thiophene rings is 1. The normalized spacial score (nSPS) is 18.8. The second-order valence-electron chi connectivity index (χ2n) is 22.2. The molecule has 2 atom stereocenters. The van der Waals surface area contributed by atoms with E-state index in [-0.39, 0.29) is 64.5 Å². The summed E-state index contributed by atoms with van der Waals surface area (Å²) in [5.74, 6) is -2.31. The summed E-state index contributed by atoms with van der Waals surface area (Å²) in [7, 11) is -2.14. The smallest absolute Gasteiger partial charge is 0.352 e. The van der Waals surface area contributed by atoms with Gasteiger partial charge in [-0.15, -0.1) is 11.3 Å². The van der Waals surface area contributed by atoms with E-state index in [4.69, 9.17) is 25.8 Å². The van der Waals surface area contributed by atoms with Crippen LogP contribution < -0.4 is 26.4 Å². The number of aryl methyl sites for hydroxylation is 1. The number of anilines is 2. The van der Waals surface area contributed by atoms with Crippen molar-refractivity contribution < 1.29 is 46.6 Å². The summed E-state index contributed by atoms with van der Waals surface area (Å²) in [5, 5.41) is 9.04. The molecule has 19 nitrogen and oxygen atoms in total. The molecule has 3 saturated heterocycles. The van der Waals surface area contributed by atoms with Gasteiger partial charge in [-0.1, -0.05) is 41.9 Å². The molecule has 76 heavy (non-hydrogen) atoms. The summed E-state index contributed by atoms with van der Waals surface area (Å²) in [6.07, 6.45) is 1.45. The lowest BCUT2D eigenvalue weighted by molar-refractivity contribution is -0.157. The molecule has 22 heteroatoms. The van der Waals surface area contributed by atoms with Crippen LogP contribution in [0.3, 0.4) is 0 Å². The molecule has 0 saturated carbocycles. The molecule has 1 unspecified atom stereocenters. The molecule has 3 aromatic carbocycles. The van der Waals surface area contributed by atoms with E-state index < -0.39 is 57.3 Å². The molecule has 0 bridgehead atoms. The number of carbonyl (C=O) groups excluding carboxylic acids is 5. The highest BCUT2D eigenvalue weighted by Crippen LogP contribution is 2.47. The minimum atomic E-state index is -3.81. The number of ether oxygens (including phenoxy) is 3. The zero-order valence-corrected chi connectivity index (χ0v) is 46.8. The number of urea groups is 1. The van der Waals surface area contributed by atoms with Crippen LogP contribution in [0.25, 0.3) is 21.5 Å². The van der Waals surface area contributed by atoms with Gasteiger partial charge in [0.05, 0.1) is 21.7 Å². The van der Waals surface area contributed by atoms with Crippen molar-refractivity contribution >= 4 is 85.2 Å². The second kappa shape index (κ2) is 22.0. The number of rotatable bonds is 14. The molecule has 3 N–H and O–H groups in total. The van der Waals surface area contributed by atoms with Crippen molar-refractivity contribution in [3.63, 3.8) is 0 Å². The van der Waals surface area contributed by atoms with Gasteiger partial charge in [-0.3, -0.25) is 28.9 Å². The molecule has 5 aromatic rings. The summed E-state index contributed by atoms with van der Waals surface area (Å²) in [6, 6.07) is 19.0. The molecule has 4 amide bonds. The van der Waals surface area contributed by atoms with Crippen LogP contribution in [0, 0.1) is 0 Å². The van der Waals surface area contributed by atoms with E-state index >= 15 is 0 Å². The summed E-state index contributed by atoms with van der Waals surface area (Å²) in [4.78, 5) is 81.7. The molecule has 5 heterocycles. The number of amides is 4. The zero-order chi connectivity index (χ0) is 55.1. The number of halogens is 1. The van der Waals surface area contributed by atoms with Crippen molar-refractivity contribution in [3.05, 3.63) is 98.2 Å². The molecule has 0 spiro atoms. The van der Waals surface area contributed by atoms with Gasteiger partial charge in [-0.25, -0.2) is 27.6 Å². The van der Waals surface area contributed by atoms with Crippen molar-refractivity contribution in [2.24, 2.45) is 7.05 Å². The Morgan fingerprint density at radius 1 is 0.842 bits per heavy atom. The Kier molecular flexibility index (Phi) is 16.2. The fourth-order valence-electron chi connectivity index (χ4n) is 10.0. The van der Waals surface area contributed by atoms with Gasteiger partial charge < -0.3 is 29.7 Å². The maximum atomic E-state index is 14.2. The third-order valence-electron chi connectivity index (χ3n) is 13.3. The Bertz CT molecular complexity index is 3240. The largest absolute Gasteiger partial charge is 0.479 e. The summed E-state index contributed by atoms with van der Waals surface area (Å²) >= 11 is 8.02. The standard InChI is InChI=1S/C54H67ClN8O11S2/c1-52(2,3)73-43(65)31-72-45-44(55)46(75-47(45)49(67)74-53(4,5)6)35-13-11-15-37(28-35)56-38-20-21-62(54(7,8)29-38)76(70,71)32-34-12-10-14-36(26-34)57-50(68)61-24-22-60(23-25-61)30-33-16-17-39-41(27-33)59(9)51(69)63(39)40-18-19-42(64)58-48(40)66/h10-17,26-28,38,40,56H,18-25,29-32H2,1-9H3,(H,57,68)(H,58,64,66)/t38-,40?/m0/s1. The van der Waals surface area contributed by atoms with Crippen molar-refractivity contribution in [3.8, 4) is 16.2 Å². The number of nitrogens with one attached hydrogen (secondary N) is 3. The Balaban J connectivity index is 0.850. The molecule has 0 radical (unpaired) electrons. The summed E-state index contributed by atoms with van der Waals surface area (Å²) in [6.45, 7) is 16.8. The van der Waals surface area contributed by atoms with E-state index in [2.05, 4.69) is 20.9 Å². The fraction of sp³-hybridized carbons (Fsp3) is 0.481. The van der Waals surface area contributed by atoms with Crippen molar-refractivity contribution in [2.45, 2.75) is 122 Å². The van der Waals surface area contributed by atoms with Crippen LogP contribution >= 0.6 is 22.9 Å². The number of imidazole rings is 1. The maximum absolute atomic E-state index is 14.2. The molecule has 3 aliphatic rings. The van der Waals surface area contributed by atoms with Crippen LogP contribution in [0.2, 0.25) is 5.02 Å². The first-order chi connectivity index (χ1) is 35.6. The third-order valence-corrected chi connectivity index (χ3v) is 17.1. The van der Waals surface area contributed by atoms with E-state index in [0.29, 0.717) is 78.3 Å². The van der Waals surface area contributed by atoms with Gasteiger partial charge in [-0.2, -0.15) is 4.31 Å². The Hall–Kier alpha value is -6.26. The van der Waals surface area contributed by atoms with Crippen LogP contribution in [0.15, 0.2) is 71.5 Å². The number of hydrogen-bond acceptors (Lipinski definition) is 14. The van der Waals surface area contributed by atoms with Crippen molar-refractivity contribution in [1.82, 2.24) is 28.6 Å². The van der Waals surface area contributed by atoms with E-state index in [9.17, 15) is 37.2 Å². The quantitative estimate of drug-likeness (QED) is 0.0712. The lowest BCUT2D eigenvalue weighted by atomic mass is 9.89. The molecule has 3 aliphatic heterocycles. The minimum absolute atomic E-state index is 0.0299. The highest BCUT2D eigenvalue weighted by molar-refractivity contribution is 7.88. The predicted octanol–water partition coefficient (Wildman–Crippen LogP) is 7.91. The lowest BCUT2D eigenvalue weighted by Crippen LogP contribution is -2.55. The number of piperazine rings is 1. The first kappa shape index (κ1) is 56.0. The number of imide groups is 1. The van der Waals surface area contributed by atoms with E-state index in [0.717, 1.165) is 22.6 Å². The SMILES string of the molecule is Cn1c(=O)n(C2CCC(=O)NC2=O)c2ccc(CN3CCN(C(=O)Nc4cccc(CS(=O)(=O)N5CC[C@H](Nc6cccc(-c7sc(C(=O)OC(C)(C)C)c(OCC(=O)OC(C)(C)C)c7Cl)c6)CC5(C)C)c4)CC3)cc21. The van der Waals surface area contributed by atoms with Gasteiger partial charge in [0.2, 0.25) is 21.8 Å². The molecule has 2 aromatic heterocycles. The average Bonchev–Trinajstić information content (AvgIpc) is 3.81. The number of piperidine rings is 2. The lowest BCUT2D eigenvalue weighted by Gasteiger charge is -2.45. The topological polar surface area (TPSA) is 220 Å². The summed E-state index contributed by atoms with van der Waals surface area (Å²) in [5.41, 5.74) is 2.14. The number of hydrogen-bond donors (Lipinski definition) is 3. The first-order valence-corrected chi connectivity index (χ1v) is 28.1. The third kappa shape index (κ3) is 13.1. The Morgan fingerprint density at radius 3 is 2.22 bits per heavy atom. The van der Waals surface area contributed by atoms with Gasteiger partial charge in [0, 0.05) is 75.7 Å². The second-order valence-corrected chi connectivity index (χ2v) is 25.5. The number of fused-ring (bicyclic) bond motifs is 1. The van der Waals surface area contributed by atoms with Gasteiger partial charge in [0.25, 0.3) is 0 Å². The van der Waals surface area contributed by atoms with Crippen molar-refractivity contribution in [1.29, 1.82) is 0 Å². The Morgan fingerprint density at radius 2 is 1.54 bits per heavy atom. The number of carbonyl (C=O) groups is 5. The zero-order valence-electron chi connectivity index (χ0n) is 44.4. The van der Waals surface area contributed by atoms with Gasteiger partial charge in [0.15, 0.2) is 17.2 Å². The molecular weight excluding hydrogens is 1040 g/mol. The first-order valence-electron chi connectivity index (χ1n) is 25.3. The monoisotopic (exact) mass is 1100 g/mol. The number of benzene rings is 3. The van der Waals surface area contributed by atoms with Crippen LogP contribution in [0.5, 0.6) is 5.75 Å². The fourth-order valence-corrected chi connectivity index (χ4v) is 13.4. The van der Waals surface area contributed by atoms with Gasteiger partial charge in [-0.05, 0) is 128 Å². The molecule has 3 fully saturated rings. The van der Waals surface area contributed by atoms with Crippen LogP contribution in [0.4, 0.5) is 16.2 Å². The van der Waals surface area contributed by atoms with Crippen molar-refractivity contribution in [2.75, 3.05) is 50.0 Å². The highest BCUT2D eigenvalue weighted by Gasteiger charge is 2.42. The van der Waals surface area contributed by atoms with Crippen LogP contribution in [0.1, 0.15) is 108 Å². The highest BCUT2D eigenvalue weighted by atomic mass is 35.5. The summed E-state index contributed by atoms with van der Waals surface area (Å²) < 4.78 is 49.8. The van der Waals surface area contributed by atoms with Crippen LogP contribution in [-0.4, -0.2) is 124 Å². The number of nitrogens with zero attached hydrogens (tertiary/aromatic N) is 5. The van der Waals surface area contributed by atoms with E-state index in [1.54, 1.807) is 82.1 Å². The van der Waals surface area contributed by atoms with Crippen LogP contribution in [-0.2, 0) is 53.2 Å². The predicted molar refractivity (Wildman–Crippen MR) is 292 cm³/mol. The minimum Gasteiger partial charge on any atom is -0.479 e. The number of esters is 2. The van der Waals surface area contributed by atoms with Gasteiger partial charge >= 0.3 is 23.7 Å². The Labute approximate surface area is 451 Å². The van der Waals surface area contributed by atoms with E-state index in [1.165, 1.54) is 9.13 Å². The molecule has 0 aliphatic carbocycles. The molecule has 408 valence electrons. The molecular formula is C54H67ClN8O11S2. The van der Waals surface area contributed by atoms with Gasteiger partial charge in [0.1, 0.15) is 22.3 Å².